The van der Waals surface area contributed by atoms with Crippen LogP contribution in [0, 0.1) is 6.92 Å². The number of hydrogen-bond donors (Lipinski definition) is 0. The van der Waals surface area contributed by atoms with Crippen molar-refractivity contribution < 1.29 is 4.42 Å². The Bertz CT molecular complexity index is 335. The third-order valence-electron chi connectivity index (χ3n) is 1.11. The van der Waals surface area contributed by atoms with Crippen molar-refractivity contribution in [3.05, 3.63) is 29.3 Å². The summed E-state index contributed by atoms with van der Waals surface area (Å²) in [4.78, 5) is 4.04. The number of oxazole rings is 1. The smallest absolute Gasteiger partial charge is 0.192 e. The SMILES string of the molecule is C=C/C=c1/nc(C)oc1=C.CC. The molecule has 0 aliphatic heterocycles. The van der Waals surface area contributed by atoms with Crippen molar-refractivity contribution in [1.82, 2.24) is 4.98 Å². The maximum Gasteiger partial charge on any atom is 0.192 e. The highest BCUT2D eigenvalue weighted by Gasteiger charge is 1.89. The van der Waals surface area contributed by atoms with Gasteiger partial charge >= 0.3 is 0 Å². The maximum atomic E-state index is 5.07. The molecule has 0 fully saturated rings. The summed E-state index contributed by atoms with van der Waals surface area (Å²) >= 11 is 0. The van der Waals surface area contributed by atoms with Crippen molar-refractivity contribution in [2.75, 3.05) is 0 Å². The van der Waals surface area contributed by atoms with E-state index in [1.165, 1.54) is 0 Å². The van der Waals surface area contributed by atoms with Gasteiger partial charge in [0, 0.05) is 6.92 Å². The van der Waals surface area contributed by atoms with Gasteiger partial charge in [-0.3, -0.25) is 0 Å². The zero-order valence-corrected chi connectivity index (χ0v) is 7.92. The Labute approximate surface area is 72.9 Å². The van der Waals surface area contributed by atoms with Crippen LogP contribution in [0.5, 0.6) is 0 Å². The van der Waals surface area contributed by atoms with Crippen molar-refractivity contribution >= 4 is 12.7 Å². The summed E-state index contributed by atoms with van der Waals surface area (Å²) in [5.74, 6) is 0.637. The van der Waals surface area contributed by atoms with Crippen LogP contribution < -0.4 is 10.8 Å². The molecule has 0 atom stereocenters. The summed E-state index contributed by atoms with van der Waals surface area (Å²) in [6, 6.07) is 0. The van der Waals surface area contributed by atoms with E-state index < -0.39 is 0 Å². The normalized spacial score (nSPS) is 10.4. The lowest BCUT2D eigenvalue weighted by atomic mass is 10.5. The molecule has 0 aromatic carbocycles. The fraction of sp³-hybridized carbons (Fsp3) is 0.300. The van der Waals surface area contributed by atoms with E-state index in [9.17, 15) is 0 Å². The van der Waals surface area contributed by atoms with Gasteiger partial charge in [-0.15, -0.1) is 0 Å². The van der Waals surface area contributed by atoms with Crippen LogP contribution in [-0.4, -0.2) is 4.98 Å². The fourth-order valence-electron chi connectivity index (χ4n) is 0.727. The predicted molar refractivity (Wildman–Crippen MR) is 52.0 cm³/mol. The number of allylic oxidation sites excluding steroid dienone is 1. The molecule has 1 aromatic rings. The van der Waals surface area contributed by atoms with Crippen LogP contribution in [0.15, 0.2) is 17.1 Å². The number of aryl methyl sites for hydroxylation is 1. The average Bonchev–Trinajstić information content (AvgIpc) is 2.35. The molecule has 2 heteroatoms. The highest BCUT2D eigenvalue weighted by molar-refractivity contribution is 5.31. The van der Waals surface area contributed by atoms with E-state index >= 15 is 0 Å². The van der Waals surface area contributed by atoms with E-state index in [-0.39, 0.29) is 0 Å². The minimum absolute atomic E-state index is 0.595. The predicted octanol–water partition coefficient (Wildman–Crippen LogP) is 1.39. The second kappa shape index (κ2) is 5.35. The molecule has 1 heterocycles. The highest BCUT2D eigenvalue weighted by atomic mass is 16.3. The van der Waals surface area contributed by atoms with Crippen LogP contribution in [0.25, 0.3) is 12.7 Å². The Morgan fingerprint density at radius 2 is 2.00 bits per heavy atom. The Morgan fingerprint density at radius 3 is 2.33 bits per heavy atom. The van der Waals surface area contributed by atoms with Crippen LogP contribution in [0.1, 0.15) is 19.7 Å². The maximum absolute atomic E-state index is 5.07. The van der Waals surface area contributed by atoms with Crippen LogP contribution in [0.4, 0.5) is 0 Å². The standard InChI is InChI=1S/C8H9NO.C2H6/c1-4-5-8-6(2)10-7(3)9-8;1-2/h4-5H,1-2H2,3H3;1-2H3/b8-5+;. The molecule has 0 radical (unpaired) electrons. The zero-order chi connectivity index (χ0) is 9.56. The Hall–Kier alpha value is -1.31. The van der Waals surface area contributed by atoms with E-state index in [0.29, 0.717) is 11.3 Å². The lowest BCUT2D eigenvalue weighted by Gasteiger charge is -1.68. The average molecular weight is 165 g/mol. The van der Waals surface area contributed by atoms with Crippen molar-refractivity contribution in [3.63, 3.8) is 0 Å². The largest absolute Gasteiger partial charge is 0.442 e. The van der Waals surface area contributed by atoms with Gasteiger partial charge < -0.3 is 4.42 Å². The minimum atomic E-state index is 0.595. The van der Waals surface area contributed by atoms with E-state index in [0.717, 1.165) is 5.35 Å². The van der Waals surface area contributed by atoms with Gasteiger partial charge in [0.1, 0.15) is 10.8 Å². The van der Waals surface area contributed by atoms with Crippen molar-refractivity contribution in [2.24, 2.45) is 0 Å². The number of hydrogen-bond acceptors (Lipinski definition) is 2. The first-order chi connectivity index (χ1) is 5.74. The lowest BCUT2D eigenvalue weighted by Crippen LogP contribution is -2.19. The molecule has 66 valence electrons. The van der Waals surface area contributed by atoms with Gasteiger partial charge in [0.25, 0.3) is 0 Å². The second-order valence-corrected chi connectivity index (χ2v) is 1.94. The molecule has 2 nitrogen and oxygen atoms in total. The molecule has 0 amide bonds. The van der Waals surface area contributed by atoms with Gasteiger partial charge in [-0.1, -0.05) is 33.1 Å². The molecule has 0 unspecified atom stereocenters. The van der Waals surface area contributed by atoms with E-state index in [2.05, 4.69) is 18.1 Å². The molecule has 12 heavy (non-hydrogen) atoms. The molecule has 0 bridgehead atoms. The second-order valence-electron chi connectivity index (χ2n) is 1.94. The minimum Gasteiger partial charge on any atom is -0.442 e. The zero-order valence-electron chi connectivity index (χ0n) is 7.92. The van der Waals surface area contributed by atoms with Crippen LogP contribution >= 0.6 is 0 Å². The first kappa shape index (κ1) is 10.7. The van der Waals surface area contributed by atoms with Gasteiger partial charge in [0.2, 0.25) is 0 Å². The molecular formula is C10H15NO. The van der Waals surface area contributed by atoms with Gasteiger partial charge in [-0.25, -0.2) is 4.98 Å². The summed E-state index contributed by atoms with van der Waals surface area (Å²) in [6.45, 7) is 13.0. The molecule has 0 saturated carbocycles. The molecule has 0 spiro atoms. The third-order valence-corrected chi connectivity index (χ3v) is 1.11. The topological polar surface area (TPSA) is 26.0 Å². The number of nitrogens with zero attached hydrogens (tertiary/aromatic N) is 1. The molecular weight excluding hydrogens is 150 g/mol. The fourth-order valence-corrected chi connectivity index (χ4v) is 0.727. The van der Waals surface area contributed by atoms with Crippen molar-refractivity contribution in [3.8, 4) is 0 Å². The Balaban J connectivity index is 0.000000561. The lowest BCUT2D eigenvalue weighted by molar-refractivity contribution is 0.493. The molecule has 0 saturated heterocycles. The van der Waals surface area contributed by atoms with E-state index in [1.807, 2.05) is 13.8 Å². The molecule has 0 aliphatic carbocycles. The van der Waals surface area contributed by atoms with Crippen molar-refractivity contribution in [1.29, 1.82) is 0 Å². The van der Waals surface area contributed by atoms with Gasteiger partial charge in [-0.05, 0) is 6.08 Å². The first-order valence-corrected chi connectivity index (χ1v) is 3.99. The quantitative estimate of drug-likeness (QED) is 0.628. The summed E-state index contributed by atoms with van der Waals surface area (Å²) < 4.78 is 5.07. The Kier molecular flexibility index (Phi) is 4.77. The number of aromatic nitrogens is 1. The summed E-state index contributed by atoms with van der Waals surface area (Å²) in [5.41, 5.74) is 0.595. The van der Waals surface area contributed by atoms with E-state index in [4.69, 9.17) is 4.42 Å². The molecule has 0 aliphatic rings. The Morgan fingerprint density at radius 1 is 1.42 bits per heavy atom. The van der Waals surface area contributed by atoms with E-state index in [1.54, 1.807) is 19.1 Å². The van der Waals surface area contributed by atoms with Gasteiger partial charge in [-0.2, -0.15) is 0 Å². The van der Waals surface area contributed by atoms with Crippen molar-refractivity contribution in [2.45, 2.75) is 20.8 Å². The monoisotopic (exact) mass is 165 g/mol. The summed E-state index contributed by atoms with van der Waals surface area (Å²) in [6.07, 6.45) is 3.42. The first-order valence-electron chi connectivity index (χ1n) is 3.99. The summed E-state index contributed by atoms with van der Waals surface area (Å²) in [5, 5.41) is 0.757. The van der Waals surface area contributed by atoms with Gasteiger partial charge in [0.05, 0.1) is 0 Å². The molecule has 1 rings (SSSR count). The summed E-state index contributed by atoms with van der Waals surface area (Å²) in [7, 11) is 0. The third kappa shape index (κ3) is 2.74. The highest BCUT2D eigenvalue weighted by Crippen LogP contribution is 1.77. The van der Waals surface area contributed by atoms with Gasteiger partial charge in [0.15, 0.2) is 5.89 Å². The van der Waals surface area contributed by atoms with Crippen LogP contribution in [-0.2, 0) is 0 Å². The van der Waals surface area contributed by atoms with Crippen LogP contribution in [0.2, 0.25) is 0 Å². The molecule has 0 N–H and O–H groups in total. The van der Waals surface area contributed by atoms with Crippen LogP contribution in [0.3, 0.4) is 0 Å². The number of rotatable bonds is 1. The molecule has 1 aromatic heterocycles.